The van der Waals surface area contributed by atoms with Crippen LogP contribution >= 0.6 is 15.9 Å². The Balaban J connectivity index is 1.55. The largest absolute Gasteiger partial charge is 0.449 e. The highest BCUT2D eigenvalue weighted by Gasteiger charge is 2.27. The van der Waals surface area contributed by atoms with Crippen molar-refractivity contribution in [3.05, 3.63) is 92.7 Å². The highest BCUT2D eigenvalue weighted by atomic mass is 79.9. The number of hydrazone groups is 1. The number of aryl methyl sites for hydroxylation is 1. The van der Waals surface area contributed by atoms with Gasteiger partial charge >= 0.3 is 0 Å². The van der Waals surface area contributed by atoms with Crippen LogP contribution in [0.2, 0.25) is 0 Å². The summed E-state index contributed by atoms with van der Waals surface area (Å²) in [4.78, 5) is 16.3. The first-order valence-corrected chi connectivity index (χ1v) is 9.86. The quantitative estimate of drug-likeness (QED) is 0.578. The van der Waals surface area contributed by atoms with Crippen molar-refractivity contribution in [3.8, 4) is 0 Å². The van der Waals surface area contributed by atoms with Crippen LogP contribution in [0.25, 0.3) is 0 Å². The number of halogens is 1. The number of hydrogen-bond acceptors (Lipinski definition) is 4. The second-order valence-electron chi connectivity index (χ2n) is 6.81. The molecule has 4 rings (SSSR count). The summed E-state index contributed by atoms with van der Waals surface area (Å²) in [6.07, 6.45) is 0.473. The standard InChI is InChI=1S/C22H20BrN3O2/c1-13-19(21(27)16-9-6-10-17(23)12-16)14(2)24-20(13)22-26-25-18(28-22)11-15-7-4-3-5-8-15/h3-10,12,18,24-25H,11H2,1-2H3. The van der Waals surface area contributed by atoms with Gasteiger partial charge in [0.15, 0.2) is 12.0 Å². The third-order valence-electron chi connectivity index (χ3n) is 4.79. The van der Waals surface area contributed by atoms with Crippen molar-refractivity contribution in [2.45, 2.75) is 26.5 Å². The fraction of sp³-hybridized carbons (Fsp3) is 0.182. The zero-order valence-electron chi connectivity index (χ0n) is 15.6. The Bertz CT molecular complexity index is 1060. The maximum Gasteiger partial charge on any atom is 0.257 e. The molecule has 0 fully saturated rings. The molecule has 2 aromatic carbocycles. The van der Waals surface area contributed by atoms with E-state index in [-0.39, 0.29) is 12.0 Å². The summed E-state index contributed by atoms with van der Waals surface area (Å²) in [5.41, 5.74) is 7.87. The van der Waals surface area contributed by atoms with E-state index in [1.54, 1.807) is 0 Å². The van der Waals surface area contributed by atoms with Crippen LogP contribution in [0.4, 0.5) is 0 Å². The predicted octanol–water partition coefficient (Wildman–Crippen LogP) is 4.48. The predicted molar refractivity (Wildman–Crippen MR) is 113 cm³/mol. The van der Waals surface area contributed by atoms with E-state index in [1.165, 1.54) is 5.56 Å². The van der Waals surface area contributed by atoms with Gasteiger partial charge in [-0.15, -0.1) is 5.10 Å². The minimum Gasteiger partial charge on any atom is -0.449 e. The molecule has 2 N–H and O–H groups in total. The Kier molecular flexibility index (Phi) is 5.05. The maximum atomic E-state index is 13.0. The first kappa shape index (κ1) is 18.5. The van der Waals surface area contributed by atoms with E-state index in [0.29, 0.717) is 23.4 Å². The number of carbonyl (C=O) groups excluding carboxylic acids is 1. The number of aromatic amines is 1. The zero-order chi connectivity index (χ0) is 19.7. The van der Waals surface area contributed by atoms with Crippen LogP contribution in [-0.4, -0.2) is 22.9 Å². The lowest BCUT2D eigenvalue weighted by molar-refractivity contribution is 0.103. The molecule has 0 radical (unpaired) electrons. The third kappa shape index (κ3) is 3.60. The van der Waals surface area contributed by atoms with Crippen molar-refractivity contribution in [1.29, 1.82) is 0 Å². The van der Waals surface area contributed by atoms with Crippen LogP contribution in [0, 0.1) is 13.8 Å². The molecule has 0 bridgehead atoms. The molecule has 0 saturated heterocycles. The Morgan fingerprint density at radius 2 is 1.93 bits per heavy atom. The van der Waals surface area contributed by atoms with Gasteiger partial charge in [0.2, 0.25) is 0 Å². The number of ketones is 1. The van der Waals surface area contributed by atoms with Crippen molar-refractivity contribution in [3.63, 3.8) is 0 Å². The summed E-state index contributed by atoms with van der Waals surface area (Å²) in [7, 11) is 0. The number of rotatable bonds is 5. The fourth-order valence-electron chi connectivity index (χ4n) is 3.43. The number of hydrogen-bond donors (Lipinski definition) is 2. The van der Waals surface area contributed by atoms with Crippen molar-refractivity contribution in [2.75, 3.05) is 0 Å². The van der Waals surface area contributed by atoms with Gasteiger partial charge in [0.05, 0.1) is 0 Å². The summed E-state index contributed by atoms with van der Waals surface area (Å²) in [5.74, 6) is 0.459. The van der Waals surface area contributed by atoms with Gasteiger partial charge in [-0.1, -0.05) is 58.4 Å². The highest BCUT2D eigenvalue weighted by Crippen LogP contribution is 2.25. The van der Waals surface area contributed by atoms with Crippen LogP contribution in [-0.2, 0) is 11.2 Å². The molecular formula is C22H20BrN3O2. The molecule has 1 aliphatic rings. The van der Waals surface area contributed by atoms with Crippen LogP contribution in [0.1, 0.15) is 38.4 Å². The van der Waals surface area contributed by atoms with Crippen molar-refractivity contribution >= 4 is 27.6 Å². The normalized spacial score (nSPS) is 15.7. The fourth-order valence-corrected chi connectivity index (χ4v) is 3.83. The van der Waals surface area contributed by atoms with Crippen molar-refractivity contribution in [1.82, 2.24) is 10.4 Å². The van der Waals surface area contributed by atoms with Crippen LogP contribution in [0.15, 0.2) is 64.2 Å². The summed E-state index contributed by atoms with van der Waals surface area (Å²) < 4.78 is 6.87. The topological polar surface area (TPSA) is 66.5 Å². The molecule has 1 unspecified atom stereocenters. The van der Waals surface area contributed by atoms with E-state index in [0.717, 1.165) is 21.4 Å². The van der Waals surface area contributed by atoms with E-state index in [9.17, 15) is 4.79 Å². The molecule has 1 aliphatic heterocycles. The number of ether oxygens (including phenoxy) is 1. The number of carbonyl (C=O) groups is 1. The van der Waals surface area contributed by atoms with Gasteiger partial charge in [0.1, 0.15) is 5.69 Å². The molecule has 3 aromatic rings. The Hall–Kier alpha value is -2.86. The summed E-state index contributed by atoms with van der Waals surface area (Å²) in [6.45, 7) is 3.81. The molecular weight excluding hydrogens is 418 g/mol. The van der Waals surface area contributed by atoms with Gasteiger partial charge in [-0.3, -0.25) is 10.2 Å². The number of nitrogens with one attached hydrogen (secondary N) is 2. The van der Waals surface area contributed by atoms with Crippen LogP contribution in [0.3, 0.4) is 0 Å². The molecule has 0 spiro atoms. The SMILES string of the molecule is Cc1[nH]c(C2=NNC(Cc3ccccc3)O2)c(C)c1C(=O)c1cccc(Br)c1. The van der Waals surface area contributed by atoms with E-state index in [1.807, 2.05) is 56.3 Å². The van der Waals surface area contributed by atoms with Gasteiger partial charge in [-0.25, -0.2) is 0 Å². The Morgan fingerprint density at radius 1 is 1.14 bits per heavy atom. The van der Waals surface area contributed by atoms with Gasteiger partial charge in [-0.2, -0.15) is 0 Å². The second-order valence-corrected chi connectivity index (χ2v) is 7.72. The average molecular weight is 438 g/mol. The lowest BCUT2D eigenvalue weighted by atomic mass is 10.00. The van der Waals surface area contributed by atoms with Gasteiger partial charge in [0, 0.05) is 27.7 Å². The minimum absolute atomic E-state index is 0.0220. The molecule has 28 heavy (non-hydrogen) atoms. The summed E-state index contributed by atoms with van der Waals surface area (Å²) >= 11 is 3.43. The molecule has 0 saturated carbocycles. The van der Waals surface area contributed by atoms with Crippen molar-refractivity contribution < 1.29 is 9.53 Å². The highest BCUT2D eigenvalue weighted by molar-refractivity contribution is 9.10. The number of H-pyrrole nitrogens is 1. The van der Waals surface area contributed by atoms with Gasteiger partial charge in [0.25, 0.3) is 5.90 Å². The van der Waals surface area contributed by atoms with Crippen molar-refractivity contribution in [2.24, 2.45) is 5.10 Å². The lowest BCUT2D eigenvalue weighted by Gasteiger charge is -2.11. The van der Waals surface area contributed by atoms with E-state index >= 15 is 0 Å². The Morgan fingerprint density at radius 3 is 2.68 bits per heavy atom. The van der Waals surface area contributed by atoms with Gasteiger partial charge < -0.3 is 9.72 Å². The first-order chi connectivity index (χ1) is 13.5. The number of aromatic nitrogens is 1. The molecule has 1 atom stereocenters. The third-order valence-corrected chi connectivity index (χ3v) is 5.29. The van der Waals surface area contributed by atoms with E-state index in [4.69, 9.17) is 4.74 Å². The maximum absolute atomic E-state index is 13.0. The molecule has 1 aromatic heterocycles. The molecule has 2 heterocycles. The Labute approximate surface area is 171 Å². The minimum atomic E-state index is -0.232. The van der Waals surface area contributed by atoms with E-state index in [2.05, 4.69) is 43.6 Å². The van der Waals surface area contributed by atoms with E-state index < -0.39 is 0 Å². The number of nitrogens with zero attached hydrogens (tertiary/aromatic N) is 1. The summed E-state index contributed by atoms with van der Waals surface area (Å²) in [6, 6.07) is 17.5. The molecule has 6 heteroatoms. The smallest absolute Gasteiger partial charge is 0.257 e. The lowest BCUT2D eigenvalue weighted by Crippen LogP contribution is -2.24. The average Bonchev–Trinajstić information content (AvgIpc) is 3.26. The molecule has 5 nitrogen and oxygen atoms in total. The van der Waals surface area contributed by atoms with Crippen LogP contribution in [0.5, 0.6) is 0 Å². The monoisotopic (exact) mass is 437 g/mol. The molecule has 0 aliphatic carbocycles. The molecule has 0 amide bonds. The van der Waals surface area contributed by atoms with Gasteiger partial charge in [-0.05, 0) is 37.1 Å². The van der Waals surface area contributed by atoms with Crippen LogP contribution < -0.4 is 5.43 Å². The second kappa shape index (κ2) is 7.64. The first-order valence-electron chi connectivity index (χ1n) is 9.06. The number of benzene rings is 2. The molecule has 142 valence electrons. The summed E-state index contributed by atoms with van der Waals surface area (Å²) in [5, 5.41) is 4.34. The zero-order valence-corrected chi connectivity index (χ0v) is 17.2.